The summed E-state index contributed by atoms with van der Waals surface area (Å²) in [5.41, 5.74) is 0. The zero-order chi connectivity index (χ0) is 13.8. The predicted octanol–water partition coefficient (Wildman–Crippen LogP) is 4.10. The molecule has 0 spiro atoms. The van der Waals surface area contributed by atoms with Crippen LogP contribution < -0.4 is 0 Å². The third kappa shape index (κ3) is 3.56. The van der Waals surface area contributed by atoms with Crippen LogP contribution in [0, 0.1) is 0 Å². The molecule has 6 heteroatoms. The summed E-state index contributed by atoms with van der Waals surface area (Å²) in [5, 5.41) is 1.80. The van der Waals surface area contributed by atoms with Gasteiger partial charge in [0.2, 0.25) is 0 Å². The van der Waals surface area contributed by atoms with E-state index in [1.165, 1.54) is 11.3 Å². The Bertz CT molecular complexity index is 470. The fraction of sp³-hybridized carbons (Fsp3) is 0.667. The molecule has 0 radical (unpaired) electrons. The molecule has 0 aliphatic heterocycles. The molecule has 18 heavy (non-hydrogen) atoms. The molecule has 1 aromatic heterocycles. The summed E-state index contributed by atoms with van der Waals surface area (Å²) in [5.74, 6) is 0. The molecule has 0 fully saturated rings. The van der Waals surface area contributed by atoms with Crippen molar-refractivity contribution in [2.24, 2.45) is 0 Å². The van der Waals surface area contributed by atoms with Crippen LogP contribution in [0.15, 0.2) is 20.1 Å². The van der Waals surface area contributed by atoms with E-state index in [1.54, 1.807) is 15.8 Å². The average molecular weight is 354 g/mol. The maximum atomic E-state index is 12.6. The highest BCUT2D eigenvalue weighted by Gasteiger charge is 2.30. The van der Waals surface area contributed by atoms with Crippen LogP contribution in [0.2, 0.25) is 0 Å². The second kappa shape index (κ2) is 7.03. The summed E-state index contributed by atoms with van der Waals surface area (Å²) in [7, 11) is -3.37. The average Bonchev–Trinajstić information content (AvgIpc) is 2.76. The van der Waals surface area contributed by atoms with Crippen molar-refractivity contribution in [1.29, 1.82) is 0 Å². The minimum atomic E-state index is -3.37. The van der Waals surface area contributed by atoms with Crippen LogP contribution in [0.5, 0.6) is 0 Å². The lowest BCUT2D eigenvalue weighted by Crippen LogP contribution is -2.38. The standard InChI is InChI=1S/C12H20BrNO2S2/c1-4-6-8-14(10(3)5-2)18(15,16)12-11(13)7-9-17-12/h7,9-10H,4-6,8H2,1-3H3. The number of hydrogen-bond donors (Lipinski definition) is 0. The fourth-order valence-electron chi connectivity index (χ4n) is 1.67. The van der Waals surface area contributed by atoms with Crippen molar-refractivity contribution in [2.45, 2.75) is 50.3 Å². The summed E-state index contributed by atoms with van der Waals surface area (Å²) in [6.45, 7) is 6.65. The van der Waals surface area contributed by atoms with Crippen molar-refractivity contribution in [3.05, 3.63) is 15.9 Å². The van der Waals surface area contributed by atoms with E-state index < -0.39 is 10.0 Å². The Morgan fingerprint density at radius 1 is 1.44 bits per heavy atom. The monoisotopic (exact) mass is 353 g/mol. The second-order valence-corrected chi connectivity index (χ2v) is 8.14. The lowest BCUT2D eigenvalue weighted by atomic mass is 10.2. The van der Waals surface area contributed by atoms with Gasteiger partial charge in [-0.2, -0.15) is 4.31 Å². The van der Waals surface area contributed by atoms with Crippen LogP contribution >= 0.6 is 27.3 Å². The van der Waals surface area contributed by atoms with Crippen molar-refractivity contribution >= 4 is 37.3 Å². The molecule has 1 aromatic rings. The van der Waals surface area contributed by atoms with E-state index in [0.29, 0.717) is 15.2 Å². The zero-order valence-electron chi connectivity index (χ0n) is 11.0. The van der Waals surface area contributed by atoms with Gasteiger partial charge in [0.25, 0.3) is 10.0 Å². The maximum Gasteiger partial charge on any atom is 0.253 e. The molecular weight excluding hydrogens is 334 g/mol. The molecule has 0 bridgehead atoms. The van der Waals surface area contributed by atoms with Crippen molar-refractivity contribution in [1.82, 2.24) is 4.31 Å². The summed E-state index contributed by atoms with van der Waals surface area (Å²) in [6, 6.07) is 1.82. The van der Waals surface area contributed by atoms with Gasteiger partial charge in [-0.3, -0.25) is 0 Å². The topological polar surface area (TPSA) is 37.4 Å². The van der Waals surface area contributed by atoms with Crippen LogP contribution in [-0.2, 0) is 10.0 Å². The molecule has 104 valence electrons. The molecule has 1 unspecified atom stereocenters. The van der Waals surface area contributed by atoms with E-state index in [0.717, 1.165) is 19.3 Å². The minimum absolute atomic E-state index is 0.0375. The van der Waals surface area contributed by atoms with E-state index in [9.17, 15) is 8.42 Å². The first-order valence-electron chi connectivity index (χ1n) is 6.20. The van der Waals surface area contributed by atoms with Gasteiger partial charge in [0, 0.05) is 17.1 Å². The van der Waals surface area contributed by atoms with Gasteiger partial charge < -0.3 is 0 Å². The van der Waals surface area contributed by atoms with Crippen LogP contribution in [0.4, 0.5) is 0 Å². The number of unbranched alkanes of at least 4 members (excludes halogenated alkanes) is 1. The number of rotatable bonds is 7. The number of hydrogen-bond acceptors (Lipinski definition) is 3. The normalized spacial score (nSPS) is 14.1. The maximum absolute atomic E-state index is 12.6. The van der Waals surface area contributed by atoms with Gasteiger partial charge in [0.15, 0.2) is 0 Å². The Balaban J connectivity index is 3.07. The molecule has 0 aromatic carbocycles. The lowest BCUT2D eigenvalue weighted by molar-refractivity contribution is 0.325. The predicted molar refractivity (Wildman–Crippen MR) is 80.6 cm³/mol. The highest BCUT2D eigenvalue weighted by molar-refractivity contribution is 9.10. The van der Waals surface area contributed by atoms with Gasteiger partial charge in [0.05, 0.1) is 0 Å². The number of thiophene rings is 1. The first-order chi connectivity index (χ1) is 8.45. The number of halogens is 1. The van der Waals surface area contributed by atoms with Crippen LogP contribution in [0.1, 0.15) is 40.0 Å². The van der Waals surface area contributed by atoms with Gasteiger partial charge in [-0.1, -0.05) is 20.3 Å². The largest absolute Gasteiger partial charge is 0.253 e. The van der Waals surface area contributed by atoms with Gasteiger partial charge >= 0.3 is 0 Å². The lowest BCUT2D eigenvalue weighted by Gasteiger charge is -2.27. The molecule has 0 saturated heterocycles. The third-order valence-corrected chi connectivity index (χ3v) is 7.60. The molecule has 1 atom stereocenters. The van der Waals surface area contributed by atoms with Gasteiger partial charge in [0.1, 0.15) is 4.21 Å². The Morgan fingerprint density at radius 2 is 2.11 bits per heavy atom. The molecule has 0 aliphatic carbocycles. The van der Waals surface area contributed by atoms with E-state index >= 15 is 0 Å². The van der Waals surface area contributed by atoms with E-state index in [2.05, 4.69) is 22.9 Å². The number of sulfonamides is 1. The van der Waals surface area contributed by atoms with Gasteiger partial charge in [-0.25, -0.2) is 8.42 Å². The number of nitrogens with zero attached hydrogens (tertiary/aromatic N) is 1. The Morgan fingerprint density at radius 3 is 2.56 bits per heavy atom. The van der Waals surface area contributed by atoms with E-state index in [4.69, 9.17) is 0 Å². The highest BCUT2D eigenvalue weighted by Crippen LogP contribution is 2.31. The molecule has 0 saturated carbocycles. The SMILES string of the molecule is CCCCN(C(C)CC)S(=O)(=O)c1sccc1Br. The molecule has 0 amide bonds. The first-order valence-corrected chi connectivity index (χ1v) is 9.31. The summed E-state index contributed by atoms with van der Waals surface area (Å²) in [6.07, 6.45) is 2.71. The fourth-order valence-corrected chi connectivity index (χ4v) is 5.84. The van der Waals surface area contributed by atoms with Gasteiger partial charge in [-0.05, 0) is 47.1 Å². The smallest absolute Gasteiger partial charge is 0.206 e. The second-order valence-electron chi connectivity index (χ2n) is 4.28. The van der Waals surface area contributed by atoms with E-state index in [-0.39, 0.29) is 6.04 Å². The van der Waals surface area contributed by atoms with Crippen molar-refractivity contribution < 1.29 is 8.42 Å². The molecular formula is C12H20BrNO2S2. The molecule has 0 aliphatic rings. The Labute approximate surface area is 122 Å². The van der Waals surface area contributed by atoms with Gasteiger partial charge in [-0.15, -0.1) is 11.3 Å². The van der Waals surface area contributed by atoms with E-state index in [1.807, 2.05) is 13.8 Å². The molecule has 0 N–H and O–H groups in total. The third-order valence-electron chi connectivity index (χ3n) is 2.94. The van der Waals surface area contributed by atoms with Crippen molar-refractivity contribution in [3.63, 3.8) is 0 Å². The molecule has 1 rings (SSSR count). The van der Waals surface area contributed by atoms with Crippen molar-refractivity contribution in [3.8, 4) is 0 Å². The minimum Gasteiger partial charge on any atom is -0.206 e. The quantitative estimate of drug-likeness (QED) is 0.739. The zero-order valence-corrected chi connectivity index (χ0v) is 14.2. The van der Waals surface area contributed by atoms with Crippen LogP contribution in [0.3, 0.4) is 0 Å². The first kappa shape index (κ1) is 16.1. The van der Waals surface area contributed by atoms with Crippen molar-refractivity contribution in [2.75, 3.05) is 6.54 Å². The van der Waals surface area contributed by atoms with Crippen LogP contribution in [0.25, 0.3) is 0 Å². The summed E-state index contributed by atoms with van der Waals surface area (Å²) >= 11 is 4.58. The Kier molecular flexibility index (Phi) is 6.30. The summed E-state index contributed by atoms with van der Waals surface area (Å²) < 4.78 is 28.0. The molecule has 3 nitrogen and oxygen atoms in total. The molecule has 1 heterocycles. The Hall–Kier alpha value is 0.0900. The van der Waals surface area contributed by atoms with Crippen LogP contribution in [-0.4, -0.2) is 25.3 Å². The summed E-state index contributed by atoms with van der Waals surface area (Å²) in [4.78, 5) is 0. The highest BCUT2D eigenvalue weighted by atomic mass is 79.9.